The third-order valence-electron chi connectivity index (χ3n) is 3.52. The van der Waals surface area contributed by atoms with E-state index >= 15 is 0 Å². The van der Waals surface area contributed by atoms with Crippen molar-refractivity contribution in [1.82, 2.24) is 9.80 Å². The van der Waals surface area contributed by atoms with E-state index in [1.807, 2.05) is 18.5 Å². The highest BCUT2D eigenvalue weighted by Crippen LogP contribution is 2.14. The van der Waals surface area contributed by atoms with E-state index in [1.54, 1.807) is 16.2 Å². The molecular weight excluding hydrogens is 260 g/mol. The van der Waals surface area contributed by atoms with Crippen LogP contribution >= 0.6 is 11.3 Å². The van der Waals surface area contributed by atoms with Crippen LogP contribution in [0.2, 0.25) is 0 Å². The van der Waals surface area contributed by atoms with E-state index in [4.69, 9.17) is 0 Å². The van der Waals surface area contributed by atoms with Crippen molar-refractivity contribution < 1.29 is 9.59 Å². The van der Waals surface area contributed by atoms with Crippen LogP contribution in [0.1, 0.15) is 18.4 Å². The van der Waals surface area contributed by atoms with Crippen LogP contribution in [-0.4, -0.2) is 48.7 Å². The summed E-state index contributed by atoms with van der Waals surface area (Å²) in [5.41, 5.74) is 1.17. The number of likely N-dealkylation sites (N-methyl/N-ethyl adjacent to an activating group) is 1. The van der Waals surface area contributed by atoms with Gasteiger partial charge in [-0.2, -0.15) is 11.3 Å². The Balaban J connectivity index is 1.81. The second-order valence-corrected chi connectivity index (χ2v) is 5.93. The van der Waals surface area contributed by atoms with E-state index < -0.39 is 0 Å². The standard InChI is InChI=1S/C14H20N2O2S/c1-15(7-13-4-6-19-11-13)14(18)9-16-5-2-3-12(8-16)10-17/h4,6,10-12H,2-3,5,7-9H2,1H3. The Kier molecular flexibility index (Phi) is 5.10. The number of carbonyl (C=O) groups is 2. The number of nitrogens with zero attached hydrogens (tertiary/aromatic N) is 2. The first-order chi connectivity index (χ1) is 9.19. The lowest BCUT2D eigenvalue weighted by Gasteiger charge is -2.30. The van der Waals surface area contributed by atoms with Gasteiger partial charge in [-0.3, -0.25) is 9.69 Å². The molecule has 19 heavy (non-hydrogen) atoms. The molecule has 0 N–H and O–H groups in total. The molecule has 0 aliphatic carbocycles. The summed E-state index contributed by atoms with van der Waals surface area (Å²) in [5, 5.41) is 4.08. The molecule has 0 spiro atoms. The average molecular weight is 280 g/mol. The summed E-state index contributed by atoms with van der Waals surface area (Å²) in [6.07, 6.45) is 2.98. The van der Waals surface area contributed by atoms with Gasteiger partial charge in [-0.1, -0.05) is 0 Å². The Hall–Kier alpha value is -1.20. The molecule has 0 aromatic carbocycles. The molecule has 4 nitrogen and oxygen atoms in total. The Bertz CT molecular complexity index is 419. The van der Waals surface area contributed by atoms with Crippen molar-refractivity contribution in [1.29, 1.82) is 0 Å². The average Bonchev–Trinajstić information content (AvgIpc) is 2.91. The van der Waals surface area contributed by atoms with Crippen molar-refractivity contribution in [3.05, 3.63) is 22.4 Å². The topological polar surface area (TPSA) is 40.6 Å². The zero-order valence-corrected chi connectivity index (χ0v) is 12.1. The Labute approximate surface area is 118 Å². The number of piperidine rings is 1. The van der Waals surface area contributed by atoms with Gasteiger partial charge in [0.05, 0.1) is 6.54 Å². The van der Waals surface area contributed by atoms with Crippen LogP contribution in [0.5, 0.6) is 0 Å². The number of rotatable bonds is 5. The predicted octanol–water partition coefficient (Wildman–Crippen LogP) is 1.62. The molecule has 2 rings (SSSR count). The number of hydrogen-bond donors (Lipinski definition) is 0. The predicted molar refractivity (Wildman–Crippen MR) is 76.0 cm³/mol. The van der Waals surface area contributed by atoms with Crippen LogP contribution in [0.25, 0.3) is 0 Å². The van der Waals surface area contributed by atoms with Crippen molar-refractivity contribution in [3.8, 4) is 0 Å². The van der Waals surface area contributed by atoms with Crippen molar-refractivity contribution in [2.75, 3.05) is 26.7 Å². The fraction of sp³-hybridized carbons (Fsp3) is 0.571. The molecule has 0 bridgehead atoms. The molecule has 1 aliphatic heterocycles. The molecular formula is C14H20N2O2S. The molecule has 104 valence electrons. The minimum absolute atomic E-state index is 0.101. The maximum absolute atomic E-state index is 12.1. The quantitative estimate of drug-likeness (QED) is 0.770. The SMILES string of the molecule is CN(Cc1ccsc1)C(=O)CN1CCCC(C=O)C1. The molecule has 5 heteroatoms. The van der Waals surface area contributed by atoms with Gasteiger partial charge in [-0.15, -0.1) is 0 Å². The summed E-state index contributed by atoms with van der Waals surface area (Å²) in [5.74, 6) is 0.224. The van der Waals surface area contributed by atoms with E-state index in [9.17, 15) is 9.59 Å². The fourth-order valence-corrected chi connectivity index (χ4v) is 3.06. The molecule has 1 unspecified atom stereocenters. The highest BCUT2D eigenvalue weighted by Gasteiger charge is 2.22. The number of amides is 1. The fourth-order valence-electron chi connectivity index (χ4n) is 2.40. The van der Waals surface area contributed by atoms with Gasteiger partial charge in [0.2, 0.25) is 5.91 Å². The summed E-state index contributed by atoms with van der Waals surface area (Å²) in [7, 11) is 1.83. The van der Waals surface area contributed by atoms with E-state index in [-0.39, 0.29) is 11.8 Å². The molecule has 1 aliphatic rings. The lowest BCUT2D eigenvalue weighted by Crippen LogP contribution is -2.43. The lowest BCUT2D eigenvalue weighted by molar-refractivity contribution is -0.132. The van der Waals surface area contributed by atoms with E-state index in [1.165, 1.54) is 5.56 Å². The summed E-state index contributed by atoms with van der Waals surface area (Å²) in [6, 6.07) is 2.04. The molecule has 1 fully saturated rings. The third-order valence-corrected chi connectivity index (χ3v) is 4.25. The number of thiophene rings is 1. The Morgan fingerprint density at radius 2 is 2.47 bits per heavy atom. The highest BCUT2D eigenvalue weighted by molar-refractivity contribution is 7.07. The number of likely N-dealkylation sites (tertiary alicyclic amines) is 1. The van der Waals surface area contributed by atoms with Crippen LogP contribution in [-0.2, 0) is 16.1 Å². The Morgan fingerprint density at radius 1 is 1.63 bits per heavy atom. The van der Waals surface area contributed by atoms with Crippen molar-refractivity contribution in [2.45, 2.75) is 19.4 Å². The molecule has 1 aromatic heterocycles. The summed E-state index contributed by atoms with van der Waals surface area (Å²) in [4.78, 5) is 26.8. The first-order valence-electron chi connectivity index (χ1n) is 6.61. The zero-order chi connectivity index (χ0) is 13.7. The maximum atomic E-state index is 12.1. The lowest BCUT2D eigenvalue weighted by atomic mass is 10.00. The van der Waals surface area contributed by atoms with E-state index in [0.29, 0.717) is 13.1 Å². The van der Waals surface area contributed by atoms with Gasteiger partial charge in [0.25, 0.3) is 0 Å². The van der Waals surface area contributed by atoms with Crippen LogP contribution < -0.4 is 0 Å². The van der Waals surface area contributed by atoms with Gasteiger partial charge < -0.3 is 9.69 Å². The minimum Gasteiger partial charge on any atom is -0.340 e. The summed E-state index contributed by atoms with van der Waals surface area (Å²) >= 11 is 1.64. The smallest absolute Gasteiger partial charge is 0.236 e. The molecule has 2 heterocycles. The number of hydrogen-bond acceptors (Lipinski definition) is 4. The van der Waals surface area contributed by atoms with Gasteiger partial charge >= 0.3 is 0 Å². The normalized spacial score (nSPS) is 20.2. The van der Waals surface area contributed by atoms with Crippen LogP contribution in [0.15, 0.2) is 16.8 Å². The third kappa shape index (κ3) is 4.14. The van der Waals surface area contributed by atoms with E-state index in [2.05, 4.69) is 10.3 Å². The maximum Gasteiger partial charge on any atom is 0.236 e. The highest BCUT2D eigenvalue weighted by atomic mass is 32.1. The molecule has 1 saturated heterocycles. The second-order valence-electron chi connectivity index (χ2n) is 5.15. The molecule has 1 amide bonds. The van der Waals surface area contributed by atoms with Gasteiger partial charge in [0.15, 0.2) is 0 Å². The first kappa shape index (κ1) is 14.2. The minimum atomic E-state index is 0.101. The van der Waals surface area contributed by atoms with Crippen LogP contribution in [0, 0.1) is 5.92 Å². The molecule has 0 radical (unpaired) electrons. The van der Waals surface area contributed by atoms with Crippen molar-refractivity contribution in [2.24, 2.45) is 5.92 Å². The summed E-state index contributed by atoms with van der Waals surface area (Å²) in [6.45, 7) is 2.72. The van der Waals surface area contributed by atoms with Crippen molar-refractivity contribution in [3.63, 3.8) is 0 Å². The molecule has 1 aromatic rings. The first-order valence-corrected chi connectivity index (χ1v) is 7.56. The van der Waals surface area contributed by atoms with Crippen molar-refractivity contribution >= 4 is 23.5 Å². The van der Waals surface area contributed by atoms with Gasteiger partial charge in [-0.05, 0) is 41.8 Å². The largest absolute Gasteiger partial charge is 0.340 e. The van der Waals surface area contributed by atoms with Gasteiger partial charge in [0, 0.05) is 26.1 Å². The Morgan fingerprint density at radius 3 is 3.16 bits per heavy atom. The second kappa shape index (κ2) is 6.82. The molecule has 0 saturated carbocycles. The van der Waals surface area contributed by atoms with Crippen LogP contribution in [0.4, 0.5) is 0 Å². The van der Waals surface area contributed by atoms with E-state index in [0.717, 1.165) is 32.2 Å². The number of carbonyl (C=O) groups excluding carboxylic acids is 2. The van der Waals surface area contributed by atoms with Gasteiger partial charge in [-0.25, -0.2) is 0 Å². The molecule has 1 atom stereocenters. The summed E-state index contributed by atoms with van der Waals surface area (Å²) < 4.78 is 0. The van der Waals surface area contributed by atoms with Crippen LogP contribution in [0.3, 0.4) is 0 Å². The zero-order valence-electron chi connectivity index (χ0n) is 11.2. The van der Waals surface area contributed by atoms with Gasteiger partial charge in [0.1, 0.15) is 6.29 Å². The number of aldehydes is 1. The monoisotopic (exact) mass is 280 g/mol.